The van der Waals surface area contributed by atoms with Crippen LogP contribution in [0.5, 0.6) is 0 Å². The zero-order chi connectivity index (χ0) is 18.0. The van der Waals surface area contributed by atoms with E-state index >= 15 is 0 Å². The summed E-state index contributed by atoms with van der Waals surface area (Å²) in [5.41, 5.74) is 3.47. The number of nitrogens with one attached hydrogen (secondary N) is 2. The van der Waals surface area contributed by atoms with Crippen LogP contribution in [-0.4, -0.2) is 10.9 Å². The minimum atomic E-state index is -0.481. The number of halogens is 1. The molecule has 0 saturated carbocycles. The molecule has 3 aromatic rings. The number of fused-ring (bicyclic) bond motifs is 1. The molecule has 0 bridgehead atoms. The van der Waals surface area contributed by atoms with Gasteiger partial charge in [-0.05, 0) is 55.0 Å². The van der Waals surface area contributed by atoms with Crippen LogP contribution in [-0.2, 0) is 11.2 Å². The maximum atomic E-state index is 13.6. The summed E-state index contributed by atoms with van der Waals surface area (Å²) in [5.74, 6) is -0.810. The Hall–Kier alpha value is -2.95. The van der Waals surface area contributed by atoms with Gasteiger partial charge in [0.25, 0.3) is 5.56 Å². The van der Waals surface area contributed by atoms with E-state index in [2.05, 4.69) is 10.3 Å². The highest BCUT2D eigenvalue weighted by atomic mass is 19.1. The average molecular weight is 338 g/mol. The minimum Gasteiger partial charge on any atom is -0.324 e. The largest absolute Gasteiger partial charge is 0.324 e. The van der Waals surface area contributed by atoms with E-state index in [1.807, 2.05) is 32.0 Å². The number of carbonyl (C=O) groups is 1. The van der Waals surface area contributed by atoms with E-state index in [-0.39, 0.29) is 23.6 Å². The first-order valence-corrected chi connectivity index (χ1v) is 8.12. The van der Waals surface area contributed by atoms with E-state index in [4.69, 9.17) is 0 Å². The maximum absolute atomic E-state index is 13.6. The van der Waals surface area contributed by atoms with E-state index in [0.29, 0.717) is 12.0 Å². The number of aromatic amines is 1. The molecule has 0 saturated heterocycles. The lowest BCUT2D eigenvalue weighted by atomic mass is 10.0. The molecule has 25 heavy (non-hydrogen) atoms. The van der Waals surface area contributed by atoms with Crippen LogP contribution in [0, 0.1) is 19.7 Å². The lowest BCUT2D eigenvalue weighted by molar-refractivity contribution is -0.116. The lowest BCUT2D eigenvalue weighted by Crippen LogP contribution is -2.18. The van der Waals surface area contributed by atoms with Gasteiger partial charge in [-0.25, -0.2) is 4.39 Å². The Kier molecular flexibility index (Phi) is 4.65. The molecule has 0 aliphatic heterocycles. The normalized spacial score (nSPS) is 10.8. The molecule has 0 aliphatic rings. The molecule has 0 unspecified atom stereocenters. The summed E-state index contributed by atoms with van der Waals surface area (Å²) in [5, 5.41) is 3.46. The fourth-order valence-electron chi connectivity index (χ4n) is 2.78. The summed E-state index contributed by atoms with van der Waals surface area (Å²) in [4.78, 5) is 27.2. The van der Waals surface area contributed by atoms with E-state index in [1.165, 1.54) is 12.1 Å². The van der Waals surface area contributed by atoms with Gasteiger partial charge in [-0.2, -0.15) is 0 Å². The molecule has 2 aromatic carbocycles. The van der Waals surface area contributed by atoms with Gasteiger partial charge in [0.1, 0.15) is 5.82 Å². The lowest BCUT2D eigenvalue weighted by Gasteiger charge is -2.08. The first kappa shape index (κ1) is 16.9. The Morgan fingerprint density at radius 3 is 2.68 bits per heavy atom. The molecule has 0 atom stereocenters. The fraction of sp³-hybridized carbons (Fsp3) is 0.200. The Morgan fingerprint density at radius 1 is 1.16 bits per heavy atom. The molecule has 0 fully saturated rings. The van der Waals surface area contributed by atoms with Gasteiger partial charge >= 0.3 is 0 Å². The number of hydrogen-bond acceptors (Lipinski definition) is 2. The Labute approximate surface area is 144 Å². The van der Waals surface area contributed by atoms with Gasteiger partial charge in [0.2, 0.25) is 5.91 Å². The van der Waals surface area contributed by atoms with Crippen molar-refractivity contribution in [2.75, 3.05) is 5.32 Å². The number of aryl methyl sites for hydroxylation is 3. The van der Waals surface area contributed by atoms with Crippen LogP contribution in [0.25, 0.3) is 10.9 Å². The second-order valence-corrected chi connectivity index (χ2v) is 6.12. The number of aromatic nitrogens is 1. The van der Waals surface area contributed by atoms with Crippen LogP contribution in [0.4, 0.5) is 10.1 Å². The zero-order valence-corrected chi connectivity index (χ0v) is 14.2. The van der Waals surface area contributed by atoms with E-state index in [0.717, 1.165) is 22.0 Å². The molecule has 4 nitrogen and oxygen atoms in total. The highest BCUT2D eigenvalue weighted by Gasteiger charge is 2.10. The van der Waals surface area contributed by atoms with Gasteiger partial charge < -0.3 is 10.3 Å². The summed E-state index contributed by atoms with van der Waals surface area (Å²) in [7, 11) is 0. The molecule has 2 N–H and O–H groups in total. The maximum Gasteiger partial charge on any atom is 0.251 e. The van der Waals surface area contributed by atoms with Crippen LogP contribution in [0.2, 0.25) is 0 Å². The number of benzene rings is 2. The van der Waals surface area contributed by atoms with Gasteiger partial charge in [-0.3, -0.25) is 9.59 Å². The van der Waals surface area contributed by atoms with Crippen LogP contribution >= 0.6 is 0 Å². The molecule has 0 spiro atoms. The summed E-state index contributed by atoms with van der Waals surface area (Å²) >= 11 is 0. The number of carbonyl (C=O) groups excluding carboxylic acids is 1. The standard InChI is InChI=1S/C20H19FN2O2/c1-12-7-8-14-11-15(20(25)23-19(14)13(12)2)9-10-18(24)22-17-6-4-3-5-16(17)21/h3-8,11H,9-10H2,1-2H3,(H,22,24)(H,23,25). The third kappa shape index (κ3) is 3.60. The highest BCUT2D eigenvalue weighted by molar-refractivity contribution is 5.91. The van der Waals surface area contributed by atoms with Crippen molar-refractivity contribution in [3.05, 3.63) is 75.3 Å². The van der Waals surface area contributed by atoms with Crippen molar-refractivity contribution in [2.24, 2.45) is 0 Å². The number of hydrogen-bond donors (Lipinski definition) is 2. The Morgan fingerprint density at radius 2 is 1.92 bits per heavy atom. The second-order valence-electron chi connectivity index (χ2n) is 6.12. The molecule has 1 amide bonds. The summed E-state index contributed by atoms with van der Waals surface area (Å²) < 4.78 is 13.6. The van der Waals surface area contributed by atoms with Gasteiger partial charge in [0, 0.05) is 12.0 Å². The van der Waals surface area contributed by atoms with Crippen molar-refractivity contribution >= 4 is 22.5 Å². The molecule has 0 radical (unpaired) electrons. The van der Waals surface area contributed by atoms with Crippen LogP contribution < -0.4 is 10.9 Å². The first-order chi connectivity index (χ1) is 12.0. The topological polar surface area (TPSA) is 62.0 Å². The van der Waals surface area contributed by atoms with Crippen LogP contribution in [0.1, 0.15) is 23.1 Å². The molecule has 128 valence electrons. The fourth-order valence-corrected chi connectivity index (χ4v) is 2.78. The van der Waals surface area contributed by atoms with E-state index < -0.39 is 5.82 Å². The van der Waals surface area contributed by atoms with Crippen molar-refractivity contribution in [1.82, 2.24) is 4.98 Å². The van der Waals surface area contributed by atoms with Crippen molar-refractivity contribution in [3.63, 3.8) is 0 Å². The first-order valence-electron chi connectivity index (χ1n) is 8.12. The van der Waals surface area contributed by atoms with Crippen molar-refractivity contribution in [2.45, 2.75) is 26.7 Å². The predicted octanol–water partition coefficient (Wildman–Crippen LogP) is 3.86. The van der Waals surface area contributed by atoms with Gasteiger partial charge in [0.15, 0.2) is 0 Å². The Balaban J connectivity index is 1.76. The van der Waals surface area contributed by atoms with Crippen LogP contribution in [0.15, 0.2) is 47.3 Å². The molecule has 0 aliphatic carbocycles. The molecule has 5 heteroatoms. The number of para-hydroxylation sites is 1. The minimum absolute atomic E-state index is 0.105. The number of rotatable bonds is 4. The Bertz CT molecular complexity index is 1010. The summed E-state index contributed by atoms with van der Waals surface area (Å²) in [6.45, 7) is 3.96. The second kappa shape index (κ2) is 6.89. The number of amides is 1. The van der Waals surface area contributed by atoms with Crippen molar-refractivity contribution < 1.29 is 9.18 Å². The smallest absolute Gasteiger partial charge is 0.251 e. The summed E-state index contributed by atoms with van der Waals surface area (Å²) in [6.07, 6.45) is 0.395. The molecule has 1 heterocycles. The monoisotopic (exact) mass is 338 g/mol. The van der Waals surface area contributed by atoms with Gasteiger partial charge in [0.05, 0.1) is 11.2 Å². The van der Waals surface area contributed by atoms with Gasteiger partial charge in [-0.1, -0.05) is 24.3 Å². The molecular formula is C20H19FN2O2. The number of H-pyrrole nitrogens is 1. The van der Waals surface area contributed by atoms with Crippen molar-refractivity contribution in [3.8, 4) is 0 Å². The van der Waals surface area contributed by atoms with Gasteiger partial charge in [-0.15, -0.1) is 0 Å². The SMILES string of the molecule is Cc1ccc2cc(CCC(=O)Nc3ccccc3F)c(=O)[nH]c2c1C. The van der Waals surface area contributed by atoms with E-state index in [1.54, 1.807) is 12.1 Å². The van der Waals surface area contributed by atoms with E-state index in [9.17, 15) is 14.0 Å². The average Bonchev–Trinajstić information content (AvgIpc) is 2.59. The molecule has 3 rings (SSSR count). The number of anilines is 1. The predicted molar refractivity (Wildman–Crippen MR) is 97.4 cm³/mol. The third-order valence-corrected chi connectivity index (χ3v) is 4.40. The quantitative estimate of drug-likeness (QED) is 0.759. The summed E-state index contributed by atoms with van der Waals surface area (Å²) in [6, 6.07) is 11.8. The highest BCUT2D eigenvalue weighted by Crippen LogP contribution is 2.19. The number of pyridine rings is 1. The zero-order valence-electron chi connectivity index (χ0n) is 14.2. The van der Waals surface area contributed by atoms with Crippen LogP contribution in [0.3, 0.4) is 0 Å². The molecular weight excluding hydrogens is 319 g/mol. The van der Waals surface area contributed by atoms with Crippen molar-refractivity contribution in [1.29, 1.82) is 0 Å². The third-order valence-electron chi connectivity index (χ3n) is 4.40. The molecule has 1 aromatic heterocycles.